The van der Waals surface area contributed by atoms with E-state index in [9.17, 15) is 10.1 Å². The van der Waals surface area contributed by atoms with Crippen molar-refractivity contribution >= 4 is 33.2 Å². The third-order valence-electron chi connectivity index (χ3n) is 3.00. The van der Waals surface area contributed by atoms with Crippen LogP contribution in [0.3, 0.4) is 0 Å². The number of benzene rings is 2. The van der Waals surface area contributed by atoms with Gasteiger partial charge in [-0.3, -0.25) is 4.79 Å². The van der Waals surface area contributed by atoms with Gasteiger partial charge in [0.05, 0.1) is 6.61 Å². The molecule has 24 heavy (non-hydrogen) atoms. The topological polar surface area (TPSA) is 74.1 Å². The fraction of sp³-hybridized carbons (Fsp3) is 0.111. The molecule has 2 aromatic rings. The van der Waals surface area contributed by atoms with Crippen LogP contribution >= 0.6 is 15.9 Å². The van der Waals surface area contributed by atoms with Gasteiger partial charge >= 0.3 is 0 Å². The van der Waals surface area contributed by atoms with Gasteiger partial charge in [0.1, 0.15) is 17.4 Å². The number of carbonyl (C=O) groups is 1. The summed E-state index contributed by atoms with van der Waals surface area (Å²) < 4.78 is 6.24. The Morgan fingerprint density at radius 2 is 2.00 bits per heavy atom. The molecule has 2 N–H and O–H groups in total. The molecule has 0 aliphatic rings. The Kier molecular flexibility index (Phi) is 6.41. The van der Waals surface area contributed by atoms with Crippen molar-refractivity contribution < 1.29 is 9.53 Å². The van der Waals surface area contributed by atoms with E-state index in [2.05, 4.69) is 26.6 Å². The van der Waals surface area contributed by atoms with Gasteiger partial charge in [-0.2, -0.15) is 5.26 Å². The van der Waals surface area contributed by atoms with E-state index in [-0.39, 0.29) is 5.57 Å². The van der Waals surface area contributed by atoms with Crippen LogP contribution in [0, 0.1) is 11.3 Å². The van der Waals surface area contributed by atoms with E-state index in [1.54, 1.807) is 24.3 Å². The highest BCUT2D eigenvalue weighted by atomic mass is 79.9. The van der Waals surface area contributed by atoms with E-state index >= 15 is 0 Å². The van der Waals surface area contributed by atoms with Crippen molar-refractivity contribution in [2.24, 2.45) is 0 Å². The molecule has 0 aliphatic carbocycles. The van der Waals surface area contributed by atoms with Crippen molar-refractivity contribution in [3.63, 3.8) is 0 Å². The Morgan fingerprint density at radius 1 is 1.25 bits per heavy atom. The minimum Gasteiger partial charge on any atom is -0.494 e. The van der Waals surface area contributed by atoms with E-state index in [0.717, 1.165) is 15.9 Å². The van der Waals surface area contributed by atoms with Crippen LogP contribution < -0.4 is 15.4 Å². The lowest BCUT2D eigenvalue weighted by molar-refractivity contribution is -0.112. The number of carbonyl (C=O) groups excluding carboxylic acids is 1. The summed E-state index contributed by atoms with van der Waals surface area (Å²) in [6, 6.07) is 16.3. The molecule has 0 heterocycles. The van der Waals surface area contributed by atoms with Crippen LogP contribution in [-0.4, -0.2) is 12.5 Å². The highest BCUT2D eigenvalue weighted by Gasteiger charge is 2.09. The van der Waals surface area contributed by atoms with Crippen LogP contribution in [0.1, 0.15) is 6.92 Å². The van der Waals surface area contributed by atoms with E-state index in [1.165, 1.54) is 6.20 Å². The zero-order chi connectivity index (χ0) is 17.4. The van der Waals surface area contributed by atoms with Crippen molar-refractivity contribution in [1.29, 1.82) is 5.26 Å². The van der Waals surface area contributed by atoms with E-state index in [1.807, 2.05) is 37.3 Å². The lowest BCUT2D eigenvalue weighted by atomic mass is 10.2. The highest BCUT2D eigenvalue weighted by Crippen LogP contribution is 2.17. The summed E-state index contributed by atoms with van der Waals surface area (Å²) in [5, 5.41) is 14.8. The van der Waals surface area contributed by atoms with E-state index in [4.69, 9.17) is 4.74 Å². The normalized spacial score (nSPS) is 10.6. The number of halogens is 1. The molecular formula is C18H16BrN3O2. The number of hydrogen-bond donors (Lipinski definition) is 2. The number of nitrogens with zero attached hydrogens (tertiary/aromatic N) is 1. The van der Waals surface area contributed by atoms with Gasteiger partial charge in [-0.05, 0) is 49.4 Å². The van der Waals surface area contributed by atoms with Crippen molar-refractivity contribution in [3.05, 3.63) is 64.8 Å². The van der Waals surface area contributed by atoms with Gasteiger partial charge in [0.15, 0.2) is 0 Å². The number of anilines is 2. The SMILES string of the molecule is CCOc1ccc(NC(=O)/C(C#N)=C\Nc2cccc(Br)c2)cc1. The van der Waals surface area contributed by atoms with Crippen molar-refractivity contribution in [3.8, 4) is 11.8 Å². The van der Waals surface area contributed by atoms with Crippen LogP contribution in [0.15, 0.2) is 64.8 Å². The van der Waals surface area contributed by atoms with Gasteiger partial charge < -0.3 is 15.4 Å². The molecule has 2 aromatic carbocycles. The fourth-order valence-electron chi connectivity index (χ4n) is 1.88. The Balaban J connectivity index is 2.03. The highest BCUT2D eigenvalue weighted by molar-refractivity contribution is 9.10. The first-order valence-electron chi connectivity index (χ1n) is 7.29. The molecule has 0 fully saturated rings. The van der Waals surface area contributed by atoms with Gasteiger partial charge in [-0.1, -0.05) is 22.0 Å². The number of amides is 1. The predicted octanol–water partition coefficient (Wildman–Crippen LogP) is 4.31. The number of hydrogen-bond acceptors (Lipinski definition) is 4. The zero-order valence-electron chi connectivity index (χ0n) is 13.0. The van der Waals surface area contributed by atoms with E-state index in [0.29, 0.717) is 12.3 Å². The third kappa shape index (κ3) is 5.14. The number of ether oxygens (including phenoxy) is 1. The van der Waals surface area contributed by atoms with Gasteiger partial charge in [0.25, 0.3) is 5.91 Å². The Labute approximate surface area is 149 Å². The Morgan fingerprint density at radius 3 is 2.62 bits per heavy atom. The van der Waals surface area contributed by atoms with Gasteiger partial charge in [0, 0.05) is 22.0 Å². The van der Waals surface area contributed by atoms with Crippen LogP contribution in [0.5, 0.6) is 5.75 Å². The lowest BCUT2D eigenvalue weighted by Crippen LogP contribution is -2.14. The van der Waals surface area contributed by atoms with Gasteiger partial charge in [-0.15, -0.1) is 0 Å². The van der Waals surface area contributed by atoms with Crippen LogP contribution in [-0.2, 0) is 4.79 Å². The summed E-state index contributed by atoms with van der Waals surface area (Å²) in [5.74, 6) is 0.243. The zero-order valence-corrected chi connectivity index (χ0v) is 14.6. The fourth-order valence-corrected chi connectivity index (χ4v) is 2.28. The molecule has 2 rings (SSSR count). The Hall–Kier alpha value is -2.78. The smallest absolute Gasteiger partial charge is 0.267 e. The molecule has 0 spiro atoms. The molecule has 0 aliphatic heterocycles. The molecule has 0 saturated heterocycles. The first kappa shape index (κ1) is 17.6. The number of nitrogens with one attached hydrogen (secondary N) is 2. The lowest BCUT2D eigenvalue weighted by Gasteiger charge is -2.07. The van der Waals surface area contributed by atoms with Crippen molar-refractivity contribution in [1.82, 2.24) is 0 Å². The summed E-state index contributed by atoms with van der Waals surface area (Å²) in [6.07, 6.45) is 1.38. The standard InChI is InChI=1S/C18H16BrN3O2/c1-2-24-17-8-6-15(7-9-17)22-18(23)13(11-20)12-21-16-5-3-4-14(19)10-16/h3-10,12,21H,2H2,1H3,(H,22,23)/b13-12-. The van der Waals surface area contributed by atoms with Crippen LogP contribution in [0.25, 0.3) is 0 Å². The summed E-state index contributed by atoms with van der Waals surface area (Å²) in [6.45, 7) is 2.48. The first-order chi connectivity index (χ1) is 11.6. The van der Waals surface area contributed by atoms with Crippen LogP contribution in [0.4, 0.5) is 11.4 Å². The summed E-state index contributed by atoms with van der Waals surface area (Å²) in [5.41, 5.74) is 1.34. The molecule has 0 bridgehead atoms. The van der Waals surface area contributed by atoms with Gasteiger partial charge in [-0.25, -0.2) is 0 Å². The molecule has 1 amide bonds. The predicted molar refractivity (Wildman–Crippen MR) is 97.7 cm³/mol. The van der Waals surface area contributed by atoms with E-state index < -0.39 is 5.91 Å². The maximum atomic E-state index is 12.2. The van der Waals surface area contributed by atoms with Crippen molar-refractivity contribution in [2.75, 3.05) is 17.2 Å². The second-order valence-electron chi connectivity index (χ2n) is 4.74. The molecule has 0 atom stereocenters. The monoisotopic (exact) mass is 385 g/mol. The molecule has 0 aromatic heterocycles. The average molecular weight is 386 g/mol. The minimum atomic E-state index is -0.482. The second-order valence-corrected chi connectivity index (χ2v) is 5.65. The maximum absolute atomic E-state index is 12.2. The summed E-state index contributed by atoms with van der Waals surface area (Å²) in [4.78, 5) is 12.2. The number of nitriles is 1. The Bertz CT molecular complexity index is 780. The summed E-state index contributed by atoms with van der Waals surface area (Å²) in [7, 11) is 0. The summed E-state index contributed by atoms with van der Waals surface area (Å²) >= 11 is 3.36. The third-order valence-corrected chi connectivity index (χ3v) is 3.49. The molecule has 0 saturated carbocycles. The van der Waals surface area contributed by atoms with Crippen LogP contribution in [0.2, 0.25) is 0 Å². The molecule has 6 heteroatoms. The molecule has 5 nitrogen and oxygen atoms in total. The minimum absolute atomic E-state index is 0.0242. The average Bonchev–Trinajstić information content (AvgIpc) is 2.57. The number of rotatable bonds is 6. The first-order valence-corrected chi connectivity index (χ1v) is 8.08. The molecule has 0 radical (unpaired) electrons. The molecule has 122 valence electrons. The molecule has 0 unspecified atom stereocenters. The largest absolute Gasteiger partial charge is 0.494 e. The molecular weight excluding hydrogens is 370 g/mol. The quantitative estimate of drug-likeness (QED) is 0.573. The van der Waals surface area contributed by atoms with Gasteiger partial charge in [0.2, 0.25) is 0 Å². The second kappa shape index (κ2) is 8.75. The maximum Gasteiger partial charge on any atom is 0.267 e. The van der Waals surface area contributed by atoms with Crippen molar-refractivity contribution in [2.45, 2.75) is 6.92 Å².